The van der Waals surface area contributed by atoms with Crippen molar-refractivity contribution in [1.82, 2.24) is 25.1 Å². The Balaban J connectivity index is 0.953. The van der Waals surface area contributed by atoms with Gasteiger partial charge >= 0.3 is 0 Å². The van der Waals surface area contributed by atoms with Gasteiger partial charge in [0.25, 0.3) is 11.8 Å². The van der Waals surface area contributed by atoms with Crippen molar-refractivity contribution in [3.63, 3.8) is 0 Å². The number of pyridine rings is 1. The normalized spacial score (nSPS) is 22.3. The van der Waals surface area contributed by atoms with Crippen molar-refractivity contribution < 1.29 is 9.59 Å². The molecule has 3 aliphatic rings. The quantitative estimate of drug-likeness (QED) is 0.506. The van der Waals surface area contributed by atoms with E-state index in [1.807, 2.05) is 23.1 Å². The highest BCUT2D eigenvalue weighted by Gasteiger charge is 2.25. The van der Waals surface area contributed by atoms with Crippen LogP contribution in [0.25, 0.3) is 11.0 Å². The lowest BCUT2D eigenvalue weighted by molar-refractivity contribution is 0.0792. The van der Waals surface area contributed by atoms with Crippen LogP contribution in [-0.4, -0.2) is 70.3 Å². The molecule has 200 valence electrons. The number of likely N-dealkylation sites (tertiary alicyclic amines) is 1. The first kappa shape index (κ1) is 25.1. The predicted octanol–water partition coefficient (Wildman–Crippen LogP) is 4.58. The molecule has 2 N–H and O–H groups in total. The minimum absolute atomic E-state index is 0.00196. The summed E-state index contributed by atoms with van der Waals surface area (Å²) in [6.07, 6.45) is 13.5. The van der Waals surface area contributed by atoms with Gasteiger partial charge < -0.3 is 20.1 Å². The molecule has 0 spiro atoms. The van der Waals surface area contributed by atoms with Crippen LogP contribution in [0.4, 0.5) is 0 Å². The van der Waals surface area contributed by atoms with E-state index in [4.69, 9.17) is 0 Å². The Morgan fingerprint density at radius 1 is 0.974 bits per heavy atom. The first-order chi connectivity index (χ1) is 18.6. The van der Waals surface area contributed by atoms with Crippen molar-refractivity contribution in [2.24, 2.45) is 5.92 Å². The molecule has 38 heavy (non-hydrogen) atoms. The molecule has 2 aromatic heterocycles. The summed E-state index contributed by atoms with van der Waals surface area (Å²) in [6, 6.07) is 10.5. The molecule has 2 fully saturated rings. The number of carbonyl (C=O) groups is 2. The van der Waals surface area contributed by atoms with Gasteiger partial charge in [0.15, 0.2) is 0 Å². The van der Waals surface area contributed by atoms with Crippen molar-refractivity contribution in [2.45, 2.75) is 63.8 Å². The third kappa shape index (κ3) is 5.48. The minimum atomic E-state index is 0.00196. The number of hydrogen-bond donors (Lipinski definition) is 2. The van der Waals surface area contributed by atoms with Crippen LogP contribution in [0.1, 0.15) is 76.8 Å². The molecule has 0 atom stereocenters. The maximum Gasteiger partial charge on any atom is 0.253 e. The largest absolute Gasteiger partial charge is 0.349 e. The Labute approximate surface area is 225 Å². The number of benzene rings is 1. The van der Waals surface area contributed by atoms with Gasteiger partial charge in [-0.2, -0.15) is 0 Å². The van der Waals surface area contributed by atoms with Crippen molar-refractivity contribution in [3.8, 4) is 0 Å². The second-order valence-corrected chi connectivity index (χ2v) is 11.4. The second-order valence-electron chi connectivity index (χ2n) is 11.4. The first-order valence-corrected chi connectivity index (χ1v) is 14.5. The molecule has 1 saturated heterocycles. The number of fused-ring (bicyclic) bond motifs is 2. The van der Waals surface area contributed by atoms with E-state index in [1.165, 1.54) is 30.4 Å². The highest BCUT2D eigenvalue weighted by Crippen LogP contribution is 2.28. The molecule has 3 aromatic rings. The van der Waals surface area contributed by atoms with Crippen LogP contribution in [-0.2, 0) is 12.8 Å². The van der Waals surface area contributed by atoms with Crippen molar-refractivity contribution in [3.05, 3.63) is 65.0 Å². The fourth-order valence-corrected chi connectivity index (χ4v) is 6.60. The van der Waals surface area contributed by atoms with E-state index in [1.54, 1.807) is 12.4 Å². The topological polar surface area (TPSA) is 81.3 Å². The number of aromatic amines is 1. The summed E-state index contributed by atoms with van der Waals surface area (Å²) in [5, 5.41) is 4.15. The summed E-state index contributed by atoms with van der Waals surface area (Å²) < 4.78 is 0. The molecule has 6 rings (SSSR count). The highest BCUT2D eigenvalue weighted by molar-refractivity contribution is 6.06. The van der Waals surface area contributed by atoms with Crippen molar-refractivity contribution in [1.29, 1.82) is 0 Å². The van der Waals surface area contributed by atoms with Crippen LogP contribution < -0.4 is 5.32 Å². The number of hydrogen-bond acceptors (Lipinski definition) is 4. The molecule has 4 heterocycles. The molecule has 1 aromatic carbocycles. The van der Waals surface area contributed by atoms with Crippen LogP contribution in [0.5, 0.6) is 0 Å². The zero-order valence-corrected chi connectivity index (χ0v) is 22.3. The fraction of sp³-hybridized carbons (Fsp3) is 0.516. The average Bonchev–Trinajstić information content (AvgIpc) is 3.60. The molecule has 1 aliphatic carbocycles. The maximum atomic E-state index is 12.9. The van der Waals surface area contributed by atoms with Crippen molar-refractivity contribution >= 4 is 22.8 Å². The lowest BCUT2D eigenvalue weighted by Gasteiger charge is -2.30. The summed E-state index contributed by atoms with van der Waals surface area (Å²) in [4.78, 5) is 37.7. The van der Waals surface area contributed by atoms with E-state index in [0.29, 0.717) is 5.56 Å². The van der Waals surface area contributed by atoms with Gasteiger partial charge in [-0.3, -0.25) is 9.59 Å². The highest BCUT2D eigenvalue weighted by atomic mass is 16.2. The van der Waals surface area contributed by atoms with Gasteiger partial charge in [-0.1, -0.05) is 6.07 Å². The van der Waals surface area contributed by atoms with Gasteiger partial charge in [-0.05, 0) is 106 Å². The number of aromatic nitrogens is 2. The van der Waals surface area contributed by atoms with Gasteiger partial charge in [0.2, 0.25) is 0 Å². The maximum absolute atomic E-state index is 12.9. The third-order valence-electron chi connectivity index (χ3n) is 8.97. The molecule has 7 heteroatoms. The molecular weight excluding hydrogens is 474 g/mol. The standard InChI is InChI=1S/C31H39N5O2/c37-30(28-21-33-29-27(28)4-3-14-32-29)34-26-9-5-22(6-10-26)11-17-35-18-12-23-7-8-25(20-24(23)13-19-35)31(38)36-15-1-2-16-36/h3-4,7-8,14,20-22,26H,1-2,5-6,9-13,15-19H2,(H,32,33)(H,34,37). The molecule has 0 bridgehead atoms. The first-order valence-electron chi connectivity index (χ1n) is 14.5. The Morgan fingerprint density at radius 2 is 1.76 bits per heavy atom. The van der Waals surface area contributed by atoms with Gasteiger partial charge in [0.05, 0.1) is 5.56 Å². The number of nitrogens with zero attached hydrogens (tertiary/aromatic N) is 3. The van der Waals surface area contributed by atoms with Crippen LogP contribution in [0.15, 0.2) is 42.7 Å². The molecular formula is C31H39N5O2. The van der Waals surface area contributed by atoms with Gasteiger partial charge in [0.1, 0.15) is 5.65 Å². The number of rotatable bonds is 6. The molecule has 7 nitrogen and oxygen atoms in total. The van der Waals surface area contributed by atoms with Crippen LogP contribution >= 0.6 is 0 Å². The van der Waals surface area contributed by atoms with Crippen LogP contribution in [0.2, 0.25) is 0 Å². The summed E-state index contributed by atoms with van der Waals surface area (Å²) in [5.74, 6) is 0.939. The van der Waals surface area contributed by atoms with Crippen molar-refractivity contribution in [2.75, 3.05) is 32.7 Å². The Hall–Kier alpha value is -3.19. The summed E-state index contributed by atoms with van der Waals surface area (Å²) in [5.41, 5.74) is 5.08. The summed E-state index contributed by atoms with van der Waals surface area (Å²) >= 11 is 0. The van der Waals surface area contributed by atoms with E-state index in [0.717, 1.165) is 93.8 Å². The monoisotopic (exact) mass is 513 g/mol. The van der Waals surface area contributed by atoms with Gasteiger partial charge in [-0.25, -0.2) is 4.98 Å². The fourth-order valence-electron chi connectivity index (χ4n) is 6.60. The SMILES string of the molecule is O=C(NC1CCC(CCN2CCc3ccc(C(=O)N4CCCC4)cc3CC2)CC1)c1c[nH]c2ncccc12. The zero-order valence-electron chi connectivity index (χ0n) is 22.3. The van der Waals surface area contributed by atoms with Gasteiger partial charge in [0, 0.05) is 55.6 Å². The molecule has 2 amide bonds. The van der Waals surface area contributed by atoms with Gasteiger partial charge in [-0.15, -0.1) is 0 Å². The number of amides is 2. The summed E-state index contributed by atoms with van der Waals surface area (Å²) in [7, 11) is 0. The Bertz CT molecular complexity index is 1290. The van der Waals surface area contributed by atoms with E-state index >= 15 is 0 Å². The van der Waals surface area contributed by atoms with E-state index in [9.17, 15) is 9.59 Å². The molecule has 1 saturated carbocycles. The average molecular weight is 514 g/mol. The minimum Gasteiger partial charge on any atom is -0.349 e. The Morgan fingerprint density at radius 3 is 2.58 bits per heavy atom. The molecule has 0 radical (unpaired) electrons. The number of nitrogens with one attached hydrogen (secondary N) is 2. The molecule has 2 aliphatic heterocycles. The lowest BCUT2D eigenvalue weighted by Crippen LogP contribution is -2.38. The van der Waals surface area contributed by atoms with E-state index in [-0.39, 0.29) is 17.9 Å². The Kier molecular flexibility index (Phi) is 7.45. The second kappa shape index (κ2) is 11.3. The number of carbonyl (C=O) groups excluding carboxylic acids is 2. The lowest BCUT2D eigenvalue weighted by atomic mass is 9.84. The predicted molar refractivity (Wildman–Crippen MR) is 149 cm³/mol. The summed E-state index contributed by atoms with van der Waals surface area (Å²) in [6.45, 7) is 5.10. The number of H-pyrrole nitrogens is 1. The smallest absolute Gasteiger partial charge is 0.253 e. The molecule has 0 unspecified atom stereocenters. The van der Waals surface area contributed by atoms with Crippen LogP contribution in [0, 0.1) is 5.92 Å². The van der Waals surface area contributed by atoms with E-state index < -0.39 is 0 Å². The van der Waals surface area contributed by atoms with E-state index in [2.05, 4.69) is 32.3 Å². The third-order valence-corrected chi connectivity index (χ3v) is 8.97. The zero-order chi connectivity index (χ0) is 25.9. The van der Waals surface area contributed by atoms with Crippen LogP contribution in [0.3, 0.4) is 0 Å².